The molecule has 3 aromatic rings. The number of nitrogens with one attached hydrogen (secondary N) is 1. The predicted molar refractivity (Wildman–Crippen MR) is 103 cm³/mol. The van der Waals surface area contributed by atoms with Gasteiger partial charge in [-0.15, -0.1) is 11.3 Å². The molecule has 0 aliphatic heterocycles. The van der Waals surface area contributed by atoms with Gasteiger partial charge in [-0.2, -0.15) is 0 Å². The number of pyridine rings is 1. The van der Waals surface area contributed by atoms with E-state index in [0.29, 0.717) is 28.6 Å². The molecule has 0 aliphatic carbocycles. The van der Waals surface area contributed by atoms with E-state index in [0.717, 1.165) is 21.1 Å². The summed E-state index contributed by atoms with van der Waals surface area (Å²) in [5, 5.41) is 4.67. The largest absolute Gasteiger partial charge is 0.352 e. The van der Waals surface area contributed by atoms with Gasteiger partial charge in [0.2, 0.25) is 0 Å². The Balaban J connectivity index is 1.62. The molecule has 0 radical (unpaired) electrons. The summed E-state index contributed by atoms with van der Waals surface area (Å²) in [5.74, 6) is -0.212. The fourth-order valence-electron chi connectivity index (χ4n) is 2.33. The highest BCUT2D eigenvalue weighted by atomic mass is 35.5. The zero-order chi connectivity index (χ0) is 17.8. The number of thiazole rings is 1. The quantitative estimate of drug-likeness (QED) is 0.679. The zero-order valence-electron chi connectivity index (χ0n) is 13.4. The number of amides is 1. The molecule has 25 heavy (non-hydrogen) atoms. The Hall–Kier alpha value is -1.95. The van der Waals surface area contributed by atoms with Gasteiger partial charge in [-0.1, -0.05) is 23.2 Å². The Kier molecular flexibility index (Phi) is 5.68. The standard InChI is InChI=1S/C18H15Cl2N3OS/c1-11-16(25-18(23-11)12-3-2-7-21-10-12)6-8-22-17(24)14-5-4-13(19)9-15(14)20/h2-5,7,9-10H,6,8H2,1H3,(H,22,24). The molecule has 1 N–H and O–H groups in total. The molecule has 4 nitrogen and oxygen atoms in total. The third-order valence-corrected chi connectivity index (χ3v) is 5.43. The lowest BCUT2D eigenvalue weighted by Crippen LogP contribution is -2.25. The molecule has 0 saturated carbocycles. The van der Waals surface area contributed by atoms with E-state index < -0.39 is 0 Å². The van der Waals surface area contributed by atoms with Crippen LogP contribution in [0.25, 0.3) is 10.6 Å². The summed E-state index contributed by atoms with van der Waals surface area (Å²) in [6, 6.07) is 8.71. The van der Waals surface area contributed by atoms with Crippen LogP contribution >= 0.6 is 34.5 Å². The van der Waals surface area contributed by atoms with Crippen molar-refractivity contribution in [2.75, 3.05) is 6.54 Å². The Morgan fingerprint density at radius 1 is 1.28 bits per heavy atom. The maximum atomic E-state index is 12.2. The van der Waals surface area contributed by atoms with Crippen LogP contribution in [0.4, 0.5) is 0 Å². The van der Waals surface area contributed by atoms with Gasteiger partial charge in [0.25, 0.3) is 5.91 Å². The van der Waals surface area contributed by atoms with E-state index in [9.17, 15) is 4.79 Å². The van der Waals surface area contributed by atoms with Gasteiger partial charge in [0.15, 0.2) is 0 Å². The minimum atomic E-state index is -0.212. The molecule has 3 rings (SSSR count). The summed E-state index contributed by atoms with van der Waals surface area (Å²) < 4.78 is 0. The van der Waals surface area contributed by atoms with Gasteiger partial charge >= 0.3 is 0 Å². The summed E-state index contributed by atoms with van der Waals surface area (Å²) in [6.07, 6.45) is 4.25. The molecular weight excluding hydrogens is 377 g/mol. The summed E-state index contributed by atoms with van der Waals surface area (Å²) in [6.45, 7) is 2.48. The first-order chi connectivity index (χ1) is 12.0. The molecule has 7 heteroatoms. The Labute approximate surface area is 159 Å². The van der Waals surface area contributed by atoms with Crippen molar-refractivity contribution in [2.45, 2.75) is 13.3 Å². The molecule has 0 spiro atoms. The van der Waals surface area contributed by atoms with E-state index in [-0.39, 0.29) is 5.91 Å². The second kappa shape index (κ2) is 7.95. The molecule has 1 amide bonds. The highest BCUT2D eigenvalue weighted by molar-refractivity contribution is 7.15. The SMILES string of the molecule is Cc1nc(-c2cccnc2)sc1CCNC(=O)c1ccc(Cl)cc1Cl. The summed E-state index contributed by atoms with van der Waals surface area (Å²) in [5.41, 5.74) is 2.39. The van der Waals surface area contributed by atoms with E-state index in [1.54, 1.807) is 41.9 Å². The van der Waals surface area contributed by atoms with Gasteiger partial charge in [0, 0.05) is 40.8 Å². The van der Waals surface area contributed by atoms with Crippen LogP contribution in [-0.2, 0) is 6.42 Å². The van der Waals surface area contributed by atoms with Crippen molar-refractivity contribution in [1.29, 1.82) is 0 Å². The van der Waals surface area contributed by atoms with Gasteiger partial charge in [-0.3, -0.25) is 9.78 Å². The number of hydrogen-bond acceptors (Lipinski definition) is 4. The van der Waals surface area contributed by atoms with E-state index >= 15 is 0 Å². The van der Waals surface area contributed by atoms with Crippen molar-refractivity contribution in [1.82, 2.24) is 15.3 Å². The summed E-state index contributed by atoms with van der Waals surface area (Å²) in [4.78, 5) is 22.1. The minimum absolute atomic E-state index is 0.212. The van der Waals surface area contributed by atoms with Crippen molar-refractivity contribution >= 4 is 40.4 Å². The topological polar surface area (TPSA) is 54.9 Å². The molecule has 0 aliphatic rings. The second-order valence-corrected chi connectivity index (χ2v) is 7.33. The van der Waals surface area contributed by atoms with E-state index in [1.807, 2.05) is 19.1 Å². The number of nitrogens with zero attached hydrogens (tertiary/aromatic N) is 2. The molecule has 128 valence electrons. The van der Waals surface area contributed by atoms with Crippen LogP contribution in [0.2, 0.25) is 10.0 Å². The van der Waals surface area contributed by atoms with Crippen LogP contribution in [0.5, 0.6) is 0 Å². The van der Waals surface area contributed by atoms with Crippen LogP contribution in [-0.4, -0.2) is 22.4 Å². The molecule has 0 saturated heterocycles. The Bertz CT molecular complexity index is 897. The van der Waals surface area contributed by atoms with Gasteiger partial charge < -0.3 is 5.32 Å². The van der Waals surface area contributed by atoms with Crippen LogP contribution in [0.3, 0.4) is 0 Å². The number of carbonyl (C=O) groups is 1. The Morgan fingerprint density at radius 3 is 2.84 bits per heavy atom. The van der Waals surface area contributed by atoms with Crippen LogP contribution in [0, 0.1) is 6.92 Å². The van der Waals surface area contributed by atoms with Crippen LogP contribution in [0.15, 0.2) is 42.7 Å². The van der Waals surface area contributed by atoms with Crippen molar-refractivity contribution in [3.05, 3.63) is 68.9 Å². The monoisotopic (exact) mass is 391 g/mol. The summed E-state index contributed by atoms with van der Waals surface area (Å²) >= 11 is 13.5. The third kappa shape index (κ3) is 4.37. The summed E-state index contributed by atoms with van der Waals surface area (Å²) in [7, 11) is 0. The van der Waals surface area contributed by atoms with Crippen LogP contribution in [0.1, 0.15) is 20.9 Å². The molecule has 1 aromatic carbocycles. The first-order valence-electron chi connectivity index (χ1n) is 7.64. The van der Waals surface area contributed by atoms with E-state index in [2.05, 4.69) is 15.3 Å². The van der Waals surface area contributed by atoms with Crippen molar-refractivity contribution in [3.8, 4) is 10.6 Å². The molecule has 0 unspecified atom stereocenters. The maximum absolute atomic E-state index is 12.2. The van der Waals surface area contributed by atoms with E-state index in [4.69, 9.17) is 23.2 Å². The number of carbonyl (C=O) groups excluding carboxylic acids is 1. The average Bonchev–Trinajstić information content (AvgIpc) is 2.96. The zero-order valence-corrected chi connectivity index (χ0v) is 15.8. The molecular formula is C18H15Cl2N3OS. The number of aryl methyl sites for hydroxylation is 1. The van der Waals surface area contributed by atoms with Crippen molar-refractivity contribution in [2.24, 2.45) is 0 Å². The molecule has 0 fully saturated rings. The minimum Gasteiger partial charge on any atom is -0.352 e. The van der Waals surface area contributed by atoms with Crippen LogP contribution < -0.4 is 5.32 Å². The number of aromatic nitrogens is 2. The lowest BCUT2D eigenvalue weighted by Gasteiger charge is -2.06. The van der Waals surface area contributed by atoms with Crippen molar-refractivity contribution < 1.29 is 4.79 Å². The number of hydrogen-bond donors (Lipinski definition) is 1. The molecule has 2 aromatic heterocycles. The van der Waals surface area contributed by atoms with E-state index in [1.165, 1.54) is 0 Å². The van der Waals surface area contributed by atoms with Gasteiger partial charge in [0.05, 0.1) is 16.3 Å². The maximum Gasteiger partial charge on any atom is 0.252 e. The lowest BCUT2D eigenvalue weighted by atomic mass is 10.2. The fraction of sp³-hybridized carbons (Fsp3) is 0.167. The highest BCUT2D eigenvalue weighted by Crippen LogP contribution is 2.27. The Morgan fingerprint density at radius 2 is 2.12 bits per heavy atom. The first-order valence-corrected chi connectivity index (χ1v) is 9.22. The third-order valence-electron chi connectivity index (χ3n) is 3.61. The van der Waals surface area contributed by atoms with Gasteiger partial charge in [-0.25, -0.2) is 4.98 Å². The lowest BCUT2D eigenvalue weighted by molar-refractivity contribution is 0.0954. The highest BCUT2D eigenvalue weighted by Gasteiger charge is 2.12. The average molecular weight is 392 g/mol. The molecule has 2 heterocycles. The second-order valence-electron chi connectivity index (χ2n) is 5.40. The van der Waals surface area contributed by atoms with Gasteiger partial charge in [0.1, 0.15) is 5.01 Å². The number of benzene rings is 1. The molecule has 0 atom stereocenters. The van der Waals surface area contributed by atoms with Gasteiger partial charge in [-0.05, 0) is 37.3 Å². The van der Waals surface area contributed by atoms with Crippen molar-refractivity contribution in [3.63, 3.8) is 0 Å². The normalized spacial score (nSPS) is 10.7. The molecule has 0 bridgehead atoms. The number of rotatable bonds is 5. The number of halogens is 2. The first kappa shape index (κ1) is 17.9. The smallest absolute Gasteiger partial charge is 0.252 e. The predicted octanol–water partition coefficient (Wildman–Crippen LogP) is 4.79. The fourth-order valence-corrected chi connectivity index (χ4v) is 3.88.